The van der Waals surface area contributed by atoms with Crippen LogP contribution in [0.5, 0.6) is 11.5 Å². The second-order valence-electron chi connectivity index (χ2n) is 5.94. The van der Waals surface area contributed by atoms with Crippen molar-refractivity contribution in [2.45, 2.75) is 0 Å². The average molecular weight is 379 g/mol. The molecule has 0 aliphatic heterocycles. The van der Waals surface area contributed by atoms with Crippen LogP contribution in [0.3, 0.4) is 0 Å². The van der Waals surface area contributed by atoms with E-state index in [1.165, 1.54) is 38.5 Å². The lowest BCUT2D eigenvalue weighted by Crippen LogP contribution is -2.17. The van der Waals surface area contributed by atoms with Crippen molar-refractivity contribution in [3.8, 4) is 11.5 Å². The third kappa shape index (κ3) is 4.17. The van der Waals surface area contributed by atoms with Crippen molar-refractivity contribution in [2.24, 2.45) is 0 Å². The number of hydrogen-bond acceptors (Lipinski definition) is 4. The summed E-state index contributed by atoms with van der Waals surface area (Å²) in [6, 6.07) is 16.6. The van der Waals surface area contributed by atoms with Gasteiger partial charge >= 0.3 is 0 Å². The van der Waals surface area contributed by atoms with Crippen molar-refractivity contribution in [3.63, 3.8) is 0 Å². The van der Waals surface area contributed by atoms with E-state index in [-0.39, 0.29) is 16.9 Å². The summed E-state index contributed by atoms with van der Waals surface area (Å²) >= 11 is 0. The molecule has 3 aromatic rings. The number of amides is 1. The van der Waals surface area contributed by atoms with Gasteiger partial charge in [-0.1, -0.05) is 18.2 Å². The van der Waals surface area contributed by atoms with E-state index in [1.807, 2.05) is 0 Å². The summed E-state index contributed by atoms with van der Waals surface area (Å²) in [4.78, 5) is 25.6. The van der Waals surface area contributed by atoms with E-state index in [0.29, 0.717) is 22.7 Å². The fourth-order valence-corrected chi connectivity index (χ4v) is 2.71. The van der Waals surface area contributed by atoms with Gasteiger partial charge in [-0.05, 0) is 30.3 Å². The van der Waals surface area contributed by atoms with E-state index < -0.39 is 11.7 Å². The molecule has 1 N–H and O–H groups in total. The number of methoxy groups -OCH3 is 2. The SMILES string of the molecule is COc1cc(NC(=O)c2ccccc2C(=O)c2ccc(F)cc2)cc(OC)c1. The van der Waals surface area contributed by atoms with E-state index in [4.69, 9.17) is 9.47 Å². The maximum Gasteiger partial charge on any atom is 0.256 e. The minimum atomic E-state index is -0.457. The Morgan fingerprint density at radius 1 is 0.821 bits per heavy atom. The fourth-order valence-electron chi connectivity index (χ4n) is 2.71. The smallest absolute Gasteiger partial charge is 0.256 e. The molecule has 0 aliphatic rings. The normalized spacial score (nSPS) is 10.2. The van der Waals surface area contributed by atoms with Gasteiger partial charge in [0.15, 0.2) is 5.78 Å². The van der Waals surface area contributed by atoms with Crippen molar-refractivity contribution in [3.05, 3.63) is 89.2 Å². The molecule has 0 atom stereocenters. The molecule has 0 fully saturated rings. The number of anilines is 1. The largest absolute Gasteiger partial charge is 0.497 e. The minimum absolute atomic E-state index is 0.207. The van der Waals surface area contributed by atoms with Crippen LogP contribution < -0.4 is 14.8 Å². The molecule has 28 heavy (non-hydrogen) atoms. The third-order valence-electron chi connectivity index (χ3n) is 4.13. The van der Waals surface area contributed by atoms with Gasteiger partial charge in [0.05, 0.1) is 19.8 Å². The Hall–Kier alpha value is -3.67. The van der Waals surface area contributed by atoms with Crippen LogP contribution in [-0.2, 0) is 0 Å². The molecule has 142 valence electrons. The standard InChI is InChI=1S/C22H18FNO4/c1-27-17-11-16(12-18(13-17)28-2)24-22(26)20-6-4-3-5-19(20)21(25)14-7-9-15(23)10-8-14/h3-13H,1-2H3,(H,24,26). The summed E-state index contributed by atoms with van der Waals surface area (Å²) in [5.74, 6) is -0.222. The molecule has 0 aliphatic carbocycles. The topological polar surface area (TPSA) is 64.6 Å². The number of carbonyl (C=O) groups is 2. The van der Waals surface area contributed by atoms with E-state index >= 15 is 0 Å². The molecule has 0 spiro atoms. The Balaban J connectivity index is 1.91. The first-order chi connectivity index (χ1) is 13.5. The Morgan fingerprint density at radius 2 is 1.39 bits per heavy atom. The molecular weight excluding hydrogens is 361 g/mol. The number of ketones is 1. The summed E-state index contributed by atoms with van der Waals surface area (Å²) < 4.78 is 23.5. The first kappa shape index (κ1) is 19.1. The minimum Gasteiger partial charge on any atom is -0.497 e. The summed E-state index contributed by atoms with van der Waals surface area (Å²) in [6.45, 7) is 0. The van der Waals surface area contributed by atoms with E-state index in [9.17, 15) is 14.0 Å². The number of benzene rings is 3. The quantitative estimate of drug-likeness (QED) is 0.648. The highest BCUT2D eigenvalue weighted by molar-refractivity contribution is 6.17. The van der Waals surface area contributed by atoms with Crippen LogP contribution >= 0.6 is 0 Å². The number of hydrogen-bond donors (Lipinski definition) is 1. The van der Waals surface area contributed by atoms with Crippen LogP contribution in [0.15, 0.2) is 66.7 Å². The molecule has 0 saturated carbocycles. The van der Waals surface area contributed by atoms with Crippen molar-refractivity contribution < 1.29 is 23.5 Å². The van der Waals surface area contributed by atoms with Crippen molar-refractivity contribution in [2.75, 3.05) is 19.5 Å². The van der Waals surface area contributed by atoms with Gasteiger partial charge in [-0.3, -0.25) is 9.59 Å². The van der Waals surface area contributed by atoms with E-state index in [1.54, 1.807) is 42.5 Å². The maximum atomic E-state index is 13.1. The lowest BCUT2D eigenvalue weighted by Gasteiger charge is -2.12. The summed E-state index contributed by atoms with van der Waals surface area (Å²) in [5, 5.41) is 2.75. The van der Waals surface area contributed by atoms with Crippen molar-refractivity contribution in [1.82, 2.24) is 0 Å². The number of ether oxygens (including phenoxy) is 2. The highest BCUT2D eigenvalue weighted by Gasteiger charge is 2.18. The second kappa shape index (κ2) is 8.35. The van der Waals surface area contributed by atoms with E-state index in [2.05, 4.69) is 5.32 Å². The molecular formula is C22H18FNO4. The Bertz CT molecular complexity index is 993. The third-order valence-corrected chi connectivity index (χ3v) is 4.13. The molecule has 3 aromatic carbocycles. The van der Waals surface area contributed by atoms with Crippen molar-refractivity contribution >= 4 is 17.4 Å². The Morgan fingerprint density at radius 3 is 1.96 bits per heavy atom. The zero-order chi connectivity index (χ0) is 20.1. The van der Waals surface area contributed by atoms with Gasteiger partial charge < -0.3 is 14.8 Å². The van der Waals surface area contributed by atoms with Gasteiger partial charge in [-0.25, -0.2) is 4.39 Å². The Labute approximate surface area is 161 Å². The highest BCUT2D eigenvalue weighted by Crippen LogP contribution is 2.26. The first-order valence-electron chi connectivity index (χ1n) is 8.45. The molecule has 0 radical (unpaired) electrons. The molecule has 5 nitrogen and oxygen atoms in total. The van der Waals surface area contributed by atoms with Crippen LogP contribution in [0.1, 0.15) is 26.3 Å². The van der Waals surface area contributed by atoms with Gasteiger partial charge in [0.2, 0.25) is 0 Å². The molecule has 0 saturated heterocycles. The maximum absolute atomic E-state index is 13.1. The predicted octanol–water partition coefficient (Wildman–Crippen LogP) is 4.33. The van der Waals surface area contributed by atoms with Crippen LogP contribution in [0.25, 0.3) is 0 Å². The second-order valence-corrected chi connectivity index (χ2v) is 5.94. The van der Waals surface area contributed by atoms with E-state index in [0.717, 1.165) is 0 Å². The zero-order valence-corrected chi connectivity index (χ0v) is 15.4. The highest BCUT2D eigenvalue weighted by atomic mass is 19.1. The first-order valence-corrected chi connectivity index (χ1v) is 8.45. The molecule has 1 amide bonds. The van der Waals surface area contributed by atoms with Crippen LogP contribution in [0.2, 0.25) is 0 Å². The Kier molecular flexibility index (Phi) is 5.69. The molecule has 0 aromatic heterocycles. The van der Waals surface area contributed by atoms with Gasteiger partial charge in [0.25, 0.3) is 5.91 Å². The summed E-state index contributed by atoms with van der Waals surface area (Å²) in [6.07, 6.45) is 0. The van der Waals surface area contributed by atoms with Gasteiger partial charge in [-0.2, -0.15) is 0 Å². The molecule has 0 heterocycles. The average Bonchev–Trinajstić information content (AvgIpc) is 2.73. The van der Waals surface area contributed by atoms with Crippen LogP contribution in [-0.4, -0.2) is 25.9 Å². The number of halogens is 1. The van der Waals surface area contributed by atoms with Gasteiger partial charge in [0, 0.05) is 35.0 Å². The lowest BCUT2D eigenvalue weighted by molar-refractivity contribution is 0.0996. The number of rotatable bonds is 6. The predicted molar refractivity (Wildman–Crippen MR) is 104 cm³/mol. The summed E-state index contributed by atoms with van der Waals surface area (Å²) in [5.41, 5.74) is 1.19. The van der Waals surface area contributed by atoms with Crippen molar-refractivity contribution in [1.29, 1.82) is 0 Å². The number of carbonyl (C=O) groups excluding carboxylic acids is 2. The molecule has 0 bridgehead atoms. The van der Waals surface area contributed by atoms with Gasteiger partial charge in [0.1, 0.15) is 17.3 Å². The summed E-state index contributed by atoms with van der Waals surface area (Å²) in [7, 11) is 3.02. The monoisotopic (exact) mass is 379 g/mol. The lowest BCUT2D eigenvalue weighted by atomic mass is 9.98. The fraction of sp³-hybridized carbons (Fsp3) is 0.0909. The van der Waals surface area contributed by atoms with Gasteiger partial charge in [-0.15, -0.1) is 0 Å². The zero-order valence-electron chi connectivity index (χ0n) is 15.4. The van der Waals surface area contributed by atoms with Crippen LogP contribution in [0.4, 0.5) is 10.1 Å². The molecule has 0 unspecified atom stereocenters. The molecule has 6 heteroatoms. The van der Waals surface area contributed by atoms with Crippen LogP contribution in [0, 0.1) is 5.82 Å². The number of nitrogens with one attached hydrogen (secondary N) is 1. The molecule has 3 rings (SSSR count).